The molecule has 1 atom stereocenters. The van der Waals surface area contributed by atoms with Crippen LogP contribution in [0.5, 0.6) is 11.5 Å². The number of carbonyl (C=O) groups excluding carboxylic acids is 1. The molecule has 3 rings (SSSR count). The van der Waals surface area contributed by atoms with Gasteiger partial charge in [0.1, 0.15) is 17.1 Å². The van der Waals surface area contributed by atoms with E-state index in [2.05, 4.69) is 5.32 Å². The Morgan fingerprint density at radius 3 is 2.48 bits per heavy atom. The first-order valence-corrected chi connectivity index (χ1v) is 9.75. The van der Waals surface area contributed by atoms with Gasteiger partial charge in [0.05, 0.1) is 23.8 Å². The van der Waals surface area contributed by atoms with Crippen molar-refractivity contribution in [3.8, 4) is 11.5 Å². The number of phenols is 2. The molecule has 0 saturated heterocycles. The summed E-state index contributed by atoms with van der Waals surface area (Å²) in [6.07, 6.45) is -0.513. The molecule has 0 bridgehead atoms. The molecule has 0 radical (unpaired) electrons. The van der Waals surface area contributed by atoms with Gasteiger partial charge in [-0.2, -0.15) is 0 Å². The summed E-state index contributed by atoms with van der Waals surface area (Å²) < 4.78 is 5.15. The Bertz CT molecular complexity index is 1200. The van der Waals surface area contributed by atoms with E-state index in [0.29, 0.717) is 16.1 Å². The summed E-state index contributed by atoms with van der Waals surface area (Å²) in [5, 5.41) is 32.2. The van der Waals surface area contributed by atoms with Gasteiger partial charge in [0.25, 0.3) is 0 Å². The van der Waals surface area contributed by atoms with E-state index >= 15 is 0 Å². The molecule has 1 amide bonds. The van der Waals surface area contributed by atoms with Gasteiger partial charge in [-0.05, 0) is 30.2 Å². The van der Waals surface area contributed by atoms with Crippen molar-refractivity contribution in [2.75, 3.05) is 6.54 Å². The Hall–Kier alpha value is -3.52. The van der Waals surface area contributed by atoms with Crippen LogP contribution in [0.4, 0.5) is 0 Å². The van der Waals surface area contributed by atoms with Gasteiger partial charge in [-0.3, -0.25) is 9.59 Å². The zero-order valence-electron chi connectivity index (χ0n) is 16.5. The molecule has 0 unspecified atom stereocenters. The lowest BCUT2D eigenvalue weighted by atomic mass is 9.95. The van der Waals surface area contributed by atoms with Crippen LogP contribution in [0, 0.1) is 6.92 Å². The molecule has 0 spiro atoms. The third-order valence-corrected chi connectivity index (χ3v) is 5.24. The number of rotatable bonds is 7. The number of carboxylic acids is 1. The van der Waals surface area contributed by atoms with Crippen molar-refractivity contribution in [3.63, 3.8) is 0 Å². The highest BCUT2D eigenvalue weighted by Gasteiger charge is 2.20. The molecule has 0 aliphatic rings. The molecule has 9 heteroatoms. The van der Waals surface area contributed by atoms with Crippen molar-refractivity contribution in [2.24, 2.45) is 0 Å². The Labute approximate surface area is 181 Å². The lowest BCUT2D eigenvalue weighted by molar-refractivity contribution is -0.137. The van der Waals surface area contributed by atoms with E-state index in [0.717, 1.165) is 6.07 Å². The average molecular weight is 446 g/mol. The lowest BCUT2D eigenvalue weighted by Gasteiger charge is -2.17. The number of amides is 1. The number of aromatic hydroxyl groups is 2. The summed E-state index contributed by atoms with van der Waals surface area (Å²) in [5.41, 5.74) is 0.377. The highest BCUT2D eigenvalue weighted by molar-refractivity contribution is 6.30. The monoisotopic (exact) mass is 445 g/mol. The number of halogens is 1. The van der Waals surface area contributed by atoms with Crippen LogP contribution in [-0.2, 0) is 16.0 Å². The molecule has 1 heterocycles. The van der Waals surface area contributed by atoms with Gasteiger partial charge in [-0.15, -0.1) is 0 Å². The molecular weight excluding hydrogens is 426 g/mol. The molecule has 31 heavy (non-hydrogen) atoms. The van der Waals surface area contributed by atoms with Gasteiger partial charge >= 0.3 is 11.6 Å². The summed E-state index contributed by atoms with van der Waals surface area (Å²) >= 11 is 5.87. The van der Waals surface area contributed by atoms with Gasteiger partial charge in [0, 0.05) is 29.6 Å². The number of nitrogens with one attached hydrogen (secondary N) is 1. The molecule has 1 aromatic heterocycles. The van der Waals surface area contributed by atoms with E-state index in [9.17, 15) is 29.7 Å². The van der Waals surface area contributed by atoms with Crippen molar-refractivity contribution in [1.29, 1.82) is 0 Å². The zero-order valence-corrected chi connectivity index (χ0v) is 17.3. The number of carbonyl (C=O) groups is 2. The first-order valence-electron chi connectivity index (χ1n) is 9.38. The smallest absolute Gasteiger partial charge is 0.340 e. The number of fused-ring (bicyclic) bond motifs is 1. The van der Waals surface area contributed by atoms with E-state index in [1.54, 1.807) is 31.2 Å². The van der Waals surface area contributed by atoms with E-state index in [-0.39, 0.29) is 47.4 Å². The van der Waals surface area contributed by atoms with E-state index < -0.39 is 23.4 Å². The topological polar surface area (TPSA) is 137 Å². The van der Waals surface area contributed by atoms with Crippen LogP contribution in [0.2, 0.25) is 5.02 Å². The van der Waals surface area contributed by atoms with Crippen LogP contribution in [0.15, 0.2) is 45.6 Å². The fraction of sp³-hybridized carbons (Fsp3) is 0.227. The molecular formula is C22H20ClNO7. The van der Waals surface area contributed by atoms with Gasteiger partial charge in [0.15, 0.2) is 0 Å². The maximum absolute atomic E-state index is 12.5. The SMILES string of the molecule is Cc1c(CC(=O)NC[C@@H](CC(=O)O)c2ccc(Cl)cc2)c(=O)oc2cc(O)cc(O)c12. The predicted octanol–water partition coefficient (Wildman–Crippen LogP) is 3.08. The van der Waals surface area contributed by atoms with Crippen LogP contribution >= 0.6 is 11.6 Å². The Morgan fingerprint density at radius 1 is 1.16 bits per heavy atom. The first-order chi connectivity index (χ1) is 14.7. The first kappa shape index (κ1) is 22.2. The van der Waals surface area contributed by atoms with Crippen molar-refractivity contribution in [1.82, 2.24) is 5.32 Å². The van der Waals surface area contributed by atoms with E-state index in [4.69, 9.17) is 16.0 Å². The van der Waals surface area contributed by atoms with Crippen LogP contribution in [0.1, 0.15) is 29.0 Å². The molecule has 0 saturated carbocycles. The molecule has 0 fully saturated rings. The number of carboxylic acid groups (broad SMARTS) is 1. The summed E-state index contributed by atoms with van der Waals surface area (Å²) in [6, 6.07) is 8.99. The Morgan fingerprint density at radius 2 is 1.84 bits per heavy atom. The normalized spacial score (nSPS) is 11.9. The van der Waals surface area contributed by atoms with Gasteiger partial charge < -0.3 is 25.1 Å². The molecule has 162 valence electrons. The number of hydrogen-bond donors (Lipinski definition) is 4. The molecule has 0 aliphatic heterocycles. The maximum atomic E-state index is 12.5. The fourth-order valence-electron chi connectivity index (χ4n) is 3.43. The summed E-state index contributed by atoms with van der Waals surface area (Å²) in [4.78, 5) is 36.1. The number of hydrogen-bond acceptors (Lipinski definition) is 6. The van der Waals surface area contributed by atoms with Crippen LogP contribution in [0.3, 0.4) is 0 Å². The van der Waals surface area contributed by atoms with E-state index in [1.165, 1.54) is 6.07 Å². The standard InChI is InChI=1S/C22H20ClNO7/c1-11-16(22(30)31-18-8-15(25)7-17(26)21(11)18)9-19(27)24-10-13(6-20(28)29)12-2-4-14(23)5-3-12/h2-5,7-8,13,25-26H,6,9-10H2,1H3,(H,24,27)(H,28,29)/t13-/m1/s1. The van der Waals surface area contributed by atoms with Crippen LogP contribution < -0.4 is 10.9 Å². The second-order valence-corrected chi connectivity index (χ2v) is 7.59. The number of phenolic OH excluding ortho intramolecular Hbond substituents is 2. The molecule has 8 nitrogen and oxygen atoms in total. The fourth-order valence-corrected chi connectivity index (χ4v) is 3.55. The van der Waals surface area contributed by atoms with Crippen molar-refractivity contribution in [3.05, 3.63) is 68.5 Å². The zero-order chi connectivity index (χ0) is 22.7. The highest BCUT2D eigenvalue weighted by Crippen LogP contribution is 2.32. The van der Waals surface area contributed by atoms with Gasteiger partial charge in [0.2, 0.25) is 5.91 Å². The number of aliphatic carboxylic acids is 1. The van der Waals surface area contributed by atoms with Crippen molar-refractivity contribution >= 4 is 34.4 Å². The van der Waals surface area contributed by atoms with Crippen LogP contribution in [0.25, 0.3) is 11.0 Å². The Balaban J connectivity index is 1.79. The number of benzene rings is 2. The van der Waals surface area contributed by atoms with Crippen molar-refractivity contribution < 1.29 is 29.3 Å². The minimum Gasteiger partial charge on any atom is -0.508 e. The largest absolute Gasteiger partial charge is 0.508 e. The molecule has 3 aromatic rings. The third-order valence-electron chi connectivity index (χ3n) is 4.99. The number of aryl methyl sites for hydroxylation is 1. The minimum absolute atomic E-state index is 0.00780. The summed E-state index contributed by atoms with van der Waals surface area (Å²) in [6.45, 7) is 1.61. The second-order valence-electron chi connectivity index (χ2n) is 7.16. The lowest BCUT2D eigenvalue weighted by Crippen LogP contribution is -2.32. The maximum Gasteiger partial charge on any atom is 0.340 e. The minimum atomic E-state index is -1.01. The Kier molecular flexibility index (Phi) is 6.50. The van der Waals surface area contributed by atoms with Gasteiger partial charge in [-0.25, -0.2) is 4.79 Å². The average Bonchev–Trinajstić information content (AvgIpc) is 2.68. The molecule has 4 N–H and O–H groups in total. The third kappa shape index (κ3) is 5.16. The molecule has 2 aromatic carbocycles. The predicted molar refractivity (Wildman–Crippen MR) is 114 cm³/mol. The second kappa shape index (κ2) is 9.09. The van der Waals surface area contributed by atoms with Crippen LogP contribution in [-0.4, -0.2) is 33.7 Å². The van der Waals surface area contributed by atoms with Gasteiger partial charge in [-0.1, -0.05) is 23.7 Å². The van der Waals surface area contributed by atoms with E-state index in [1.807, 2.05) is 0 Å². The quantitative estimate of drug-likeness (QED) is 0.410. The summed E-state index contributed by atoms with van der Waals surface area (Å²) in [5.74, 6) is -2.54. The van der Waals surface area contributed by atoms with Crippen molar-refractivity contribution in [2.45, 2.75) is 25.7 Å². The summed E-state index contributed by atoms with van der Waals surface area (Å²) in [7, 11) is 0. The highest BCUT2D eigenvalue weighted by atomic mass is 35.5. The molecule has 0 aliphatic carbocycles.